The number of nitrogens with one attached hydrogen (secondary N) is 1. The van der Waals surface area contributed by atoms with Gasteiger partial charge >= 0.3 is 0 Å². The molecule has 0 atom stereocenters. The molecular formula is C14H14FN3O3. The van der Waals surface area contributed by atoms with E-state index in [1.54, 1.807) is 6.07 Å². The number of amidine groups is 1. The van der Waals surface area contributed by atoms with Gasteiger partial charge < -0.3 is 20.7 Å². The molecule has 0 spiro atoms. The van der Waals surface area contributed by atoms with Gasteiger partial charge in [0, 0.05) is 12.0 Å². The highest BCUT2D eigenvalue weighted by atomic mass is 19.1. The van der Waals surface area contributed by atoms with Gasteiger partial charge in [-0.05, 0) is 24.3 Å². The van der Waals surface area contributed by atoms with Gasteiger partial charge in [0.1, 0.15) is 11.6 Å². The molecule has 1 aromatic heterocycles. The van der Waals surface area contributed by atoms with Crippen molar-refractivity contribution in [2.24, 2.45) is 10.9 Å². The Bertz CT molecular complexity index is 695. The lowest BCUT2D eigenvalue weighted by Gasteiger charge is -2.10. The zero-order valence-corrected chi connectivity index (χ0v) is 11.3. The van der Waals surface area contributed by atoms with Gasteiger partial charge in [0.25, 0.3) is 5.91 Å². The summed E-state index contributed by atoms with van der Waals surface area (Å²) < 4.78 is 18.4. The first-order chi connectivity index (χ1) is 10.1. The summed E-state index contributed by atoms with van der Waals surface area (Å²) >= 11 is 0. The van der Waals surface area contributed by atoms with Crippen LogP contribution < -0.4 is 11.1 Å². The third-order valence-corrected chi connectivity index (χ3v) is 2.92. The van der Waals surface area contributed by atoms with Crippen molar-refractivity contribution < 1.29 is 18.8 Å². The van der Waals surface area contributed by atoms with Crippen LogP contribution in [0.5, 0.6) is 0 Å². The monoisotopic (exact) mass is 291 g/mol. The Kier molecular flexibility index (Phi) is 4.22. The maximum absolute atomic E-state index is 13.3. The average molecular weight is 291 g/mol. The molecule has 0 saturated heterocycles. The highest BCUT2D eigenvalue weighted by molar-refractivity contribution is 6.10. The predicted molar refractivity (Wildman–Crippen MR) is 75.0 cm³/mol. The molecule has 4 N–H and O–H groups in total. The first kappa shape index (κ1) is 14.6. The lowest BCUT2D eigenvalue weighted by molar-refractivity contribution is 0.102. The van der Waals surface area contributed by atoms with E-state index < -0.39 is 11.7 Å². The van der Waals surface area contributed by atoms with Gasteiger partial charge in [-0.1, -0.05) is 12.1 Å². The number of anilines is 1. The molecule has 6 nitrogen and oxygen atoms in total. The van der Waals surface area contributed by atoms with Crippen molar-refractivity contribution in [1.82, 2.24) is 0 Å². The van der Waals surface area contributed by atoms with Gasteiger partial charge in [-0.25, -0.2) is 4.39 Å². The van der Waals surface area contributed by atoms with Crippen molar-refractivity contribution in [3.05, 3.63) is 53.2 Å². The Morgan fingerprint density at radius 2 is 2.19 bits per heavy atom. The average Bonchev–Trinajstić information content (AvgIpc) is 2.96. The number of carbonyl (C=O) groups excluding carboxylic acids is 1. The van der Waals surface area contributed by atoms with Gasteiger partial charge in [-0.15, -0.1) is 0 Å². The molecule has 21 heavy (non-hydrogen) atoms. The molecule has 0 saturated carbocycles. The molecule has 110 valence electrons. The number of hydrogen-bond donors (Lipinski definition) is 3. The summed E-state index contributed by atoms with van der Waals surface area (Å²) in [5, 5.41) is 14.1. The number of hydrogen-bond acceptors (Lipinski definition) is 4. The number of nitrogens with zero attached hydrogens (tertiary/aromatic N) is 1. The number of oxime groups is 1. The van der Waals surface area contributed by atoms with Crippen LogP contribution in [0.25, 0.3) is 0 Å². The normalized spacial score (nSPS) is 11.4. The van der Waals surface area contributed by atoms with E-state index in [0.717, 1.165) is 6.07 Å². The fourth-order valence-corrected chi connectivity index (χ4v) is 1.90. The Hall–Kier alpha value is -2.83. The molecule has 0 aliphatic carbocycles. The zero-order chi connectivity index (χ0) is 15.4. The first-order valence-electron chi connectivity index (χ1n) is 6.22. The van der Waals surface area contributed by atoms with E-state index in [9.17, 15) is 9.18 Å². The van der Waals surface area contributed by atoms with Gasteiger partial charge in [0.05, 0.1) is 17.5 Å². The fraction of sp³-hybridized carbons (Fsp3) is 0.143. The summed E-state index contributed by atoms with van der Waals surface area (Å²) in [6.45, 7) is 1.86. The third-order valence-electron chi connectivity index (χ3n) is 2.92. The summed E-state index contributed by atoms with van der Waals surface area (Å²) in [6.07, 6.45) is 1.98. The van der Waals surface area contributed by atoms with Crippen LogP contribution in [0.4, 0.5) is 10.1 Å². The first-order valence-corrected chi connectivity index (χ1v) is 6.22. The Morgan fingerprint density at radius 1 is 1.43 bits per heavy atom. The largest absolute Gasteiger partial charge is 0.469 e. The molecule has 2 rings (SSSR count). The Morgan fingerprint density at radius 3 is 2.86 bits per heavy atom. The number of halogens is 1. The van der Waals surface area contributed by atoms with E-state index in [2.05, 4.69) is 10.5 Å². The van der Waals surface area contributed by atoms with Crippen LogP contribution in [0.3, 0.4) is 0 Å². The molecule has 0 bridgehead atoms. The number of aryl methyl sites for hydroxylation is 1. The van der Waals surface area contributed by atoms with Gasteiger partial charge in [-0.2, -0.15) is 0 Å². The van der Waals surface area contributed by atoms with Crippen molar-refractivity contribution in [3.8, 4) is 0 Å². The molecule has 0 unspecified atom stereocenters. The van der Waals surface area contributed by atoms with E-state index in [4.69, 9.17) is 15.4 Å². The van der Waals surface area contributed by atoms with Crippen LogP contribution in [0, 0.1) is 5.82 Å². The van der Waals surface area contributed by atoms with Crippen molar-refractivity contribution in [1.29, 1.82) is 0 Å². The molecule has 0 aliphatic heterocycles. The highest BCUT2D eigenvalue weighted by Gasteiger charge is 2.16. The van der Waals surface area contributed by atoms with Crippen LogP contribution in [0.15, 0.2) is 40.1 Å². The minimum absolute atomic E-state index is 0.0902. The lowest BCUT2D eigenvalue weighted by atomic mass is 10.1. The van der Waals surface area contributed by atoms with Gasteiger partial charge in [-0.3, -0.25) is 4.79 Å². The van der Waals surface area contributed by atoms with E-state index >= 15 is 0 Å². The molecule has 2 aromatic rings. The van der Waals surface area contributed by atoms with E-state index in [1.807, 2.05) is 6.92 Å². The van der Waals surface area contributed by atoms with Crippen LogP contribution in [-0.2, 0) is 6.42 Å². The second-order valence-corrected chi connectivity index (χ2v) is 4.24. The zero-order valence-electron chi connectivity index (χ0n) is 11.3. The smallest absolute Gasteiger partial charge is 0.259 e. The van der Waals surface area contributed by atoms with Crippen molar-refractivity contribution in [3.63, 3.8) is 0 Å². The molecule has 0 aliphatic rings. The summed E-state index contributed by atoms with van der Waals surface area (Å²) in [7, 11) is 0. The highest BCUT2D eigenvalue weighted by Crippen LogP contribution is 2.19. The summed E-state index contributed by atoms with van der Waals surface area (Å²) in [4.78, 5) is 12.2. The van der Waals surface area contributed by atoms with E-state index in [0.29, 0.717) is 17.7 Å². The predicted octanol–water partition coefficient (Wildman–Crippen LogP) is 2.33. The minimum Gasteiger partial charge on any atom is -0.469 e. The third kappa shape index (κ3) is 3.02. The quantitative estimate of drug-likeness (QED) is 0.348. The summed E-state index contributed by atoms with van der Waals surface area (Å²) in [5.74, 6) is -0.737. The standard InChI is InChI=1S/C14H14FN3O3/c1-2-12-9(5-6-21-12)14(19)17-11-4-3-8(15)7-10(11)13(16)18-20/h3-7,20H,2H2,1H3,(H2,16,18)(H,17,19). The Labute approximate surface area is 120 Å². The number of benzene rings is 1. The van der Waals surface area contributed by atoms with Gasteiger partial charge in [0.15, 0.2) is 5.84 Å². The number of furan rings is 1. The summed E-state index contributed by atoms with van der Waals surface area (Å²) in [6, 6.07) is 5.12. The number of carbonyl (C=O) groups is 1. The second kappa shape index (κ2) is 6.08. The summed E-state index contributed by atoms with van der Waals surface area (Å²) in [5.41, 5.74) is 6.19. The molecule has 0 fully saturated rings. The van der Waals surface area contributed by atoms with Gasteiger partial charge in [0.2, 0.25) is 0 Å². The maximum atomic E-state index is 13.3. The second-order valence-electron chi connectivity index (χ2n) is 4.24. The number of amides is 1. The number of nitrogens with two attached hydrogens (primary N) is 1. The number of rotatable bonds is 4. The molecule has 1 amide bonds. The fourth-order valence-electron chi connectivity index (χ4n) is 1.90. The van der Waals surface area contributed by atoms with Crippen LogP contribution in [0.1, 0.15) is 28.6 Å². The topological polar surface area (TPSA) is 101 Å². The minimum atomic E-state index is -0.563. The molecule has 1 aromatic carbocycles. The van der Waals surface area contributed by atoms with Crippen molar-refractivity contribution in [2.75, 3.05) is 5.32 Å². The van der Waals surface area contributed by atoms with Crippen molar-refractivity contribution in [2.45, 2.75) is 13.3 Å². The van der Waals surface area contributed by atoms with E-state index in [-0.39, 0.29) is 17.1 Å². The molecule has 7 heteroatoms. The van der Waals surface area contributed by atoms with Crippen LogP contribution in [-0.4, -0.2) is 17.0 Å². The Balaban J connectivity index is 2.34. The lowest BCUT2D eigenvalue weighted by Crippen LogP contribution is -2.19. The van der Waals surface area contributed by atoms with Crippen LogP contribution in [0.2, 0.25) is 0 Å². The molecular weight excluding hydrogens is 277 g/mol. The maximum Gasteiger partial charge on any atom is 0.259 e. The van der Waals surface area contributed by atoms with Crippen molar-refractivity contribution >= 4 is 17.4 Å². The molecule has 1 heterocycles. The molecule has 0 radical (unpaired) electrons. The SMILES string of the molecule is CCc1occc1C(=O)Nc1ccc(F)cc1/C(N)=N/O. The van der Waals surface area contributed by atoms with E-state index in [1.165, 1.54) is 18.4 Å². The van der Waals surface area contributed by atoms with Crippen LogP contribution >= 0.6 is 0 Å².